The number of hydrogen-bond acceptors (Lipinski definition) is 6. The quantitative estimate of drug-likeness (QED) is 0.329. The molecule has 5 atom stereocenters. The van der Waals surface area contributed by atoms with Crippen LogP contribution in [0, 0.1) is 0 Å². The van der Waals surface area contributed by atoms with Gasteiger partial charge < -0.3 is 28.8 Å². The van der Waals surface area contributed by atoms with Crippen LogP contribution in [0.2, 0.25) is 0 Å². The van der Waals surface area contributed by atoms with Crippen molar-refractivity contribution < 1.29 is 28.8 Å². The highest BCUT2D eigenvalue weighted by atomic mass is 16.7. The molecule has 1 heterocycles. The lowest BCUT2D eigenvalue weighted by Crippen LogP contribution is -2.69. The zero-order valence-electron chi connectivity index (χ0n) is 21.3. The van der Waals surface area contributed by atoms with E-state index in [0.717, 1.165) is 16.7 Å². The molecule has 0 aliphatic carbocycles. The zero-order chi connectivity index (χ0) is 25.9. The molecule has 0 bridgehead atoms. The minimum atomic E-state index is -1.08. The summed E-state index contributed by atoms with van der Waals surface area (Å²) in [5.74, 6) is 0. The van der Waals surface area contributed by atoms with Crippen molar-refractivity contribution in [1.29, 1.82) is 0 Å². The molecule has 1 aliphatic heterocycles. The molecule has 6 heteroatoms. The highest BCUT2D eigenvalue weighted by Gasteiger charge is 2.58. The summed E-state index contributed by atoms with van der Waals surface area (Å²) in [5.41, 5.74) is 1.96. The largest absolute Gasteiger partial charge is 0.394 e. The van der Waals surface area contributed by atoms with Gasteiger partial charge >= 0.3 is 0 Å². The fourth-order valence-corrected chi connectivity index (χ4v) is 4.76. The van der Waals surface area contributed by atoms with Crippen molar-refractivity contribution in [3.63, 3.8) is 0 Å². The molecule has 1 N–H and O–H groups in total. The third-order valence-corrected chi connectivity index (χ3v) is 6.61. The van der Waals surface area contributed by atoms with Crippen molar-refractivity contribution in [2.75, 3.05) is 13.7 Å². The first-order chi connectivity index (χ1) is 18.2. The molecule has 6 nitrogen and oxygen atoms in total. The van der Waals surface area contributed by atoms with Crippen LogP contribution in [0.5, 0.6) is 0 Å². The van der Waals surface area contributed by atoms with Gasteiger partial charge in [-0.25, -0.2) is 0 Å². The molecule has 3 aromatic rings. The maximum atomic E-state index is 10.3. The number of aliphatic hydroxyl groups excluding tert-OH is 1. The van der Waals surface area contributed by atoms with Crippen molar-refractivity contribution in [1.82, 2.24) is 0 Å². The van der Waals surface area contributed by atoms with Crippen LogP contribution in [0.1, 0.15) is 23.1 Å². The van der Waals surface area contributed by atoms with Crippen molar-refractivity contribution >= 4 is 0 Å². The van der Waals surface area contributed by atoms with Crippen LogP contribution in [0.3, 0.4) is 0 Å². The van der Waals surface area contributed by atoms with Crippen LogP contribution in [0.4, 0.5) is 0 Å². The van der Waals surface area contributed by atoms with Crippen molar-refractivity contribution in [2.45, 2.75) is 56.4 Å². The Labute approximate surface area is 219 Å². The molecule has 0 aromatic heterocycles. The van der Waals surface area contributed by atoms with Crippen LogP contribution in [-0.4, -0.2) is 49.0 Å². The molecule has 3 aromatic carbocycles. The van der Waals surface area contributed by atoms with Gasteiger partial charge in [0.2, 0.25) is 0 Å². The molecule has 4 rings (SSSR count). The first-order valence-electron chi connectivity index (χ1n) is 12.6. The molecule has 0 spiro atoms. The van der Waals surface area contributed by atoms with Gasteiger partial charge in [0.05, 0.1) is 26.4 Å². The summed E-state index contributed by atoms with van der Waals surface area (Å²) in [6, 6.07) is 29.8. The van der Waals surface area contributed by atoms with Gasteiger partial charge in [-0.3, -0.25) is 0 Å². The first kappa shape index (κ1) is 27.2. The van der Waals surface area contributed by atoms with E-state index in [4.69, 9.17) is 23.7 Å². The lowest BCUT2D eigenvalue weighted by molar-refractivity contribution is -0.361. The van der Waals surface area contributed by atoms with Crippen LogP contribution in [-0.2, 0) is 43.5 Å². The van der Waals surface area contributed by atoms with Gasteiger partial charge in [-0.15, -0.1) is 6.58 Å². The average molecular weight is 505 g/mol. The Morgan fingerprint density at radius 2 is 1.32 bits per heavy atom. The molecule has 0 saturated carbocycles. The van der Waals surface area contributed by atoms with Gasteiger partial charge in [0.1, 0.15) is 18.3 Å². The fraction of sp³-hybridized carbons (Fsp3) is 0.355. The monoisotopic (exact) mass is 504 g/mol. The highest BCUT2D eigenvalue weighted by Crippen LogP contribution is 2.41. The van der Waals surface area contributed by atoms with Crippen molar-refractivity contribution in [3.05, 3.63) is 120 Å². The lowest BCUT2D eigenvalue weighted by atomic mass is 9.83. The van der Waals surface area contributed by atoms with E-state index < -0.39 is 30.2 Å². The Bertz CT molecular complexity index is 1060. The van der Waals surface area contributed by atoms with Crippen LogP contribution in [0.25, 0.3) is 0 Å². The van der Waals surface area contributed by atoms with Gasteiger partial charge in [0.15, 0.2) is 11.9 Å². The minimum Gasteiger partial charge on any atom is -0.394 e. The average Bonchev–Trinajstić information content (AvgIpc) is 2.96. The molecule has 37 heavy (non-hydrogen) atoms. The zero-order valence-corrected chi connectivity index (χ0v) is 21.3. The predicted molar refractivity (Wildman–Crippen MR) is 142 cm³/mol. The van der Waals surface area contributed by atoms with E-state index in [0.29, 0.717) is 26.2 Å². The van der Waals surface area contributed by atoms with Gasteiger partial charge in [-0.2, -0.15) is 0 Å². The third-order valence-electron chi connectivity index (χ3n) is 6.61. The standard InChI is InChI=1S/C31H36O6/c1-3-19-31(36-23-26-17-11-6-12-18-26)29(35-22-25-15-9-5-10-16-25)28(27(20-32)37-30(31)33-2)34-21-24-13-7-4-8-14-24/h3-18,27-30,32H,1,19-23H2,2H3/t27-,28-,29+,30+,31+/m1/s1. The topological polar surface area (TPSA) is 66.4 Å². The second kappa shape index (κ2) is 13.6. The second-order valence-electron chi connectivity index (χ2n) is 9.13. The van der Waals surface area contributed by atoms with E-state index >= 15 is 0 Å². The molecule has 1 saturated heterocycles. The first-order valence-corrected chi connectivity index (χ1v) is 12.6. The fourth-order valence-electron chi connectivity index (χ4n) is 4.76. The molecule has 0 radical (unpaired) electrons. The number of methoxy groups -OCH3 is 1. The summed E-state index contributed by atoms with van der Waals surface area (Å²) in [6.07, 6.45) is -0.574. The summed E-state index contributed by atoms with van der Waals surface area (Å²) in [6.45, 7) is 4.72. The summed E-state index contributed by atoms with van der Waals surface area (Å²) in [5, 5.41) is 10.3. The molecular weight excluding hydrogens is 468 g/mol. The van der Waals surface area contributed by atoms with Crippen molar-refractivity contribution in [2.24, 2.45) is 0 Å². The van der Waals surface area contributed by atoms with E-state index in [1.165, 1.54) is 0 Å². The van der Waals surface area contributed by atoms with E-state index in [1.807, 2.05) is 91.0 Å². The highest BCUT2D eigenvalue weighted by molar-refractivity contribution is 5.17. The second-order valence-corrected chi connectivity index (χ2v) is 9.13. The Balaban J connectivity index is 1.69. The lowest BCUT2D eigenvalue weighted by Gasteiger charge is -2.52. The van der Waals surface area contributed by atoms with Crippen LogP contribution >= 0.6 is 0 Å². The van der Waals surface area contributed by atoms with E-state index in [2.05, 4.69) is 6.58 Å². The van der Waals surface area contributed by atoms with Gasteiger partial charge in [0, 0.05) is 13.5 Å². The normalized spacial score (nSPS) is 25.6. The minimum absolute atomic E-state index is 0.257. The van der Waals surface area contributed by atoms with Gasteiger partial charge in [-0.1, -0.05) is 97.1 Å². The van der Waals surface area contributed by atoms with Crippen LogP contribution in [0.15, 0.2) is 104 Å². The summed E-state index contributed by atoms with van der Waals surface area (Å²) < 4.78 is 31.8. The van der Waals surface area contributed by atoms with Crippen LogP contribution < -0.4 is 0 Å². The summed E-state index contributed by atoms with van der Waals surface area (Å²) in [4.78, 5) is 0. The molecule has 0 amide bonds. The molecule has 1 fully saturated rings. The Morgan fingerprint density at radius 1 is 0.811 bits per heavy atom. The van der Waals surface area contributed by atoms with Gasteiger partial charge in [0.25, 0.3) is 0 Å². The SMILES string of the molecule is C=CC[C@@]1(OCc2ccccc2)[C@@H](OC)O[C@H](CO)[C@@H](OCc2ccccc2)[C@@H]1OCc1ccccc1. The number of benzene rings is 3. The Kier molecular flexibility index (Phi) is 10.0. The number of rotatable bonds is 13. The maximum absolute atomic E-state index is 10.3. The summed E-state index contributed by atoms with van der Waals surface area (Å²) in [7, 11) is 1.57. The summed E-state index contributed by atoms with van der Waals surface area (Å²) >= 11 is 0. The number of hydrogen-bond donors (Lipinski definition) is 1. The number of aliphatic hydroxyl groups is 1. The Hall–Kier alpha value is -2.84. The van der Waals surface area contributed by atoms with Crippen molar-refractivity contribution in [3.8, 4) is 0 Å². The molecule has 1 aliphatic rings. The van der Waals surface area contributed by atoms with Gasteiger partial charge in [-0.05, 0) is 16.7 Å². The molecule has 196 valence electrons. The van der Waals surface area contributed by atoms with E-state index in [-0.39, 0.29) is 6.61 Å². The maximum Gasteiger partial charge on any atom is 0.189 e. The molecular formula is C31H36O6. The van der Waals surface area contributed by atoms with E-state index in [9.17, 15) is 5.11 Å². The smallest absolute Gasteiger partial charge is 0.189 e. The molecule has 0 unspecified atom stereocenters. The van der Waals surface area contributed by atoms with E-state index in [1.54, 1.807) is 13.2 Å². The predicted octanol–water partition coefficient (Wildman–Crippen LogP) is 5.05. The third kappa shape index (κ3) is 6.73. The Morgan fingerprint density at radius 3 is 1.81 bits per heavy atom. The number of ether oxygens (including phenoxy) is 5.